The van der Waals surface area contributed by atoms with E-state index in [0.29, 0.717) is 43.0 Å². The zero-order valence-electron chi connectivity index (χ0n) is 16.3. The zero-order valence-corrected chi connectivity index (χ0v) is 16.3. The van der Waals surface area contributed by atoms with Crippen LogP contribution in [0.5, 0.6) is 5.75 Å². The first-order valence-electron chi connectivity index (χ1n) is 10.2. The summed E-state index contributed by atoms with van der Waals surface area (Å²) < 4.78 is 19.8. The predicted molar refractivity (Wildman–Crippen MR) is 107 cm³/mol. The van der Waals surface area contributed by atoms with Crippen molar-refractivity contribution in [2.75, 3.05) is 19.7 Å². The Hall–Kier alpha value is -2.89. The summed E-state index contributed by atoms with van der Waals surface area (Å²) in [5, 5.41) is 2.99. The monoisotopic (exact) mass is 396 g/mol. The molecule has 2 aliphatic rings. The Morgan fingerprint density at radius 2 is 1.62 bits per heavy atom. The number of amides is 2. The van der Waals surface area contributed by atoms with Crippen molar-refractivity contribution in [2.45, 2.75) is 31.7 Å². The van der Waals surface area contributed by atoms with Crippen LogP contribution >= 0.6 is 0 Å². The molecule has 29 heavy (non-hydrogen) atoms. The first kappa shape index (κ1) is 19.4. The van der Waals surface area contributed by atoms with Gasteiger partial charge in [0.1, 0.15) is 11.6 Å². The minimum Gasteiger partial charge on any atom is -0.492 e. The first-order chi connectivity index (χ1) is 14.1. The molecule has 2 fully saturated rings. The lowest BCUT2D eigenvalue weighted by Gasteiger charge is -2.32. The number of para-hydroxylation sites is 1. The molecule has 5 nitrogen and oxygen atoms in total. The van der Waals surface area contributed by atoms with Crippen molar-refractivity contribution in [1.29, 1.82) is 0 Å². The zero-order chi connectivity index (χ0) is 20.2. The molecule has 1 saturated carbocycles. The molecule has 2 amide bonds. The molecule has 1 aliphatic heterocycles. The van der Waals surface area contributed by atoms with Crippen molar-refractivity contribution in [1.82, 2.24) is 10.2 Å². The van der Waals surface area contributed by atoms with Gasteiger partial charge in [-0.3, -0.25) is 9.59 Å². The summed E-state index contributed by atoms with van der Waals surface area (Å²) in [7, 11) is 0. The lowest BCUT2D eigenvalue weighted by molar-refractivity contribution is 0.0654. The van der Waals surface area contributed by atoms with E-state index < -0.39 is 5.82 Å². The fraction of sp³-hybridized carbons (Fsp3) is 0.391. The van der Waals surface area contributed by atoms with Gasteiger partial charge in [0.05, 0.1) is 17.7 Å². The van der Waals surface area contributed by atoms with Crippen LogP contribution in [0.25, 0.3) is 0 Å². The van der Waals surface area contributed by atoms with Gasteiger partial charge in [0.2, 0.25) is 0 Å². The molecule has 2 aromatic carbocycles. The lowest BCUT2D eigenvalue weighted by Crippen LogP contribution is -2.40. The number of hydrogen-bond donors (Lipinski definition) is 1. The second-order valence-corrected chi connectivity index (χ2v) is 7.77. The molecule has 0 radical (unpaired) electrons. The molecule has 2 aromatic rings. The number of benzene rings is 2. The average molecular weight is 396 g/mol. The number of likely N-dealkylation sites (tertiary alicyclic amines) is 1. The second-order valence-electron chi connectivity index (χ2n) is 7.77. The largest absolute Gasteiger partial charge is 0.492 e. The molecule has 1 heterocycles. The summed E-state index contributed by atoms with van der Waals surface area (Å²) in [6.07, 6.45) is 3.66. The van der Waals surface area contributed by atoms with Gasteiger partial charge in [-0.1, -0.05) is 24.3 Å². The molecule has 0 spiro atoms. The van der Waals surface area contributed by atoms with Gasteiger partial charge in [-0.25, -0.2) is 4.39 Å². The second kappa shape index (κ2) is 8.64. The number of piperidine rings is 1. The van der Waals surface area contributed by atoms with Crippen LogP contribution in [0.4, 0.5) is 4.39 Å². The predicted octanol–water partition coefficient (Wildman–Crippen LogP) is 3.65. The van der Waals surface area contributed by atoms with E-state index in [1.54, 1.807) is 23.1 Å². The number of carbonyl (C=O) groups excluding carboxylic acids is 2. The molecule has 1 N–H and O–H groups in total. The van der Waals surface area contributed by atoms with Crippen LogP contribution in [-0.4, -0.2) is 42.5 Å². The van der Waals surface area contributed by atoms with Gasteiger partial charge in [0, 0.05) is 19.1 Å². The molecule has 0 bridgehead atoms. The van der Waals surface area contributed by atoms with E-state index in [1.807, 2.05) is 18.2 Å². The number of nitrogens with zero attached hydrogens (tertiary/aromatic N) is 1. The summed E-state index contributed by atoms with van der Waals surface area (Å²) in [5.74, 6) is 0.0525. The number of nitrogens with one attached hydrogen (secondary N) is 1. The van der Waals surface area contributed by atoms with Gasteiger partial charge >= 0.3 is 0 Å². The highest BCUT2D eigenvalue weighted by molar-refractivity contribution is 5.97. The Labute approximate surface area is 169 Å². The molecule has 4 rings (SSSR count). The van der Waals surface area contributed by atoms with Crippen molar-refractivity contribution < 1.29 is 18.7 Å². The topological polar surface area (TPSA) is 58.6 Å². The van der Waals surface area contributed by atoms with E-state index in [1.165, 1.54) is 12.1 Å². The van der Waals surface area contributed by atoms with Crippen molar-refractivity contribution >= 4 is 11.8 Å². The highest BCUT2D eigenvalue weighted by Crippen LogP contribution is 2.25. The van der Waals surface area contributed by atoms with Crippen LogP contribution in [0.3, 0.4) is 0 Å². The minimum absolute atomic E-state index is 0.0894. The fourth-order valence-electron chi connectivity index (χ4n) is 3.59. The molecule has 152 valence electrons. The van der Waals surface area contributed by atoms with Crippen molar-refractivity contribution in [3.63, 3.8) is 0 Å². The van der Waals surface area contributed by atoms with E-state index in [2.05, 4.69) is 5.32 Å². The summed E-state index contributed by atoms with van der Waals surface area (Å²) in [6, 6.07) is 13.7. The van der Waals surface area contributed by atoms with E-state index in [4.69, 9.17) is 4.74 Å². The normalized spacial score (nSPS) is 17.1. The highest BCUT2D eigenvalue weighted by atomic mass is 19.1. The van der Waals surface area contributed by atoms with Gasteiger partial charge in [0.25, 0.3) is 11.8 Å². The standard InChI is InChI=1S/C23H25FN2O3/c24-20-7-3-1-5-18(20)23(28)26-13-11-16(12-14-26)15-29-21-8-4-2-6-19(21)22(27)25-17-9-10-17/h1-8,16-17H,9-15H2,(H,25,27). The summed E-state index contributed by atoms with van der Waals surface area (Å²) in [5.41, 5.74) is 0.685. The Morgan fingerprint density at radius 1 is 0.966 bits per heavy atom. The maximum Gasteiger partial charge on any atom is 0.256 e. The molecular formula is C23H25FN2O3. The van der Waals surface area contributed by atoms with Crippen LogP contribution in [-0.2, 0) is 0 Å². The molecule has 0 aromatic heterocycles. The molecule has 6 heteroatoms. The number of hydrogen-bond acceptors (Lipinski definition) is 3. The molecule has 0 atom stereocenters. The van der Waals surface area contributed by atoms with Gasteiger partial charge in [0.15, 0.2) is 0 Å². The van der Waals surface area contributed by atoms with E-state index in [9.17, 15) is 14.0 Å². The Balaban J connectivity index is 1.30. The highest BCUT2D eigenvalue weighted by Gasteiger charge is 2.27. The minimum atomic E-state index is -0.482. The Bertz CT molecular complexity index is 889. The van der Waals surface area contributed by atoms with Crippen LogP contribution in [0.2, 0.25) is 0 Å². The van der Waals surface area contributed by atoms with Crippen molar-refractivity contribution in [3.05, 3.63) is 65.5 Å². The van der Waals surface area contributed by atoms with Gasteiger partial charge in [-0.15, -0.1) is 0 Å². The Kier molecular flexibility index (Phi) is 5.79. The lowest BCUT2D eigenvalue weighted by atomic mass is 9.97. The van der Waals surface area contributed by atoms with E-state index >= 15 is 0 Å². The van der Waals surface area contributed by atoms with Gasteiger partial charge in [-0.05, 0) is 55.9 Å². The van der Waals surface area contributed by atoms with Gasteiger partial charge in [-0.2, -0.15) is 0 Å². The summed E-state index contributed by atoms with van der Waals surface area (Å²) >= 11 is 0. The average Bonchev–Trinajstić information content (AvgIpc) is 3.57. The molecule has 1 aliphatic carbocycles. The van der Waals surface area contributed by atoms with E-state index in [0.717, 1.165) is 25.7 Å². The molecule has 0 unspecified atom stereocenters. The number of rotatable bonds is 6. The molecular weight excluding hydrogens is 371 g/mol. The smallest absolute Gasteiger partial charge is 0.256 e. The number of carbonyl (C=O) groups is 2. The van der Waals surface area contributed by atoms with Crippen LogP contribution < -0.4 is 10.1 Å². The van der Waals surface area contributed by atoms with Crippen LogP contribution in [0, 0.1) is 11.7 Å². The van der Waals surface area contributed by atoms with Crippen LogP contribution in [0.1, 0.15) is 46.4 Å². The third kappa shape index (κ3) is 4.75. The number of halogens is 1. The maximum absolute atomic E-state index is 13.9. The van der Waals surface area contributed by atoms with Gasteiger partial charge < -0.3 is 15.0 Å². The molecule has 1 saturated heterocycles. The van der Waals surface area contributed by atoms with Crippen molar-refractivity contribution in [3.8, 4) is 5.75 Å². The van der Waals surface area contributed by atoms with Crippen molar-refractivity contribution in [2.24, 2.45) is 5.92 Å². The maximum atomic E-state index is 13.9. The van der Waals surface area contributed by atoms with E-state index in [-0.39, 0.29) is 17.4 Å². The Morgan fingerprint density at radius 3 is 2.31 bits per heavy atom. The van der Waals surface area contributed by atoms with Crippen LogP contribution in [0.15, 0.2) is 48.5 Å². The fourth-order valence-corrected chi connectivity index (χ4v) is 3.59. The third-order valence-electron chi connectivity index (χ3n) is 5.52. The summed E-state index contributed by atoms with van der Waals surface area (Å²) in [4.78, 5) is 26.6. The SMILES string of the molecule is O=C(NC1CC1)c1ccccc1OCC1CCN(C(=O)c2ccccc2F)CC1. The third-order valence-corrected chi connectivity index (χ3v) is 5.52. The quantitative estimate of drug-likeness (QED) is 0.811. The number of ether oxygens (including phenoxy) is 1. The first-order valence-corrected chi connectivity index (χ1v) is 10.2. The summed E-state index contributed by atoms with van der Waals surface area (Å²) in [6.45, 7) is 1.64.